The Kier molecular flexibility index (Phi) is 3.94. The van der Waals surface area contributed by atoms with E-state index in [0.29, 0.717) is 12.1 Å². The Labute approximate surface area is 114 Å². The maximum atomic E-state index is 4.41. The van der Waals surface area contributed by atoms with Crippen LogP contribution in [0.2, 0.25) is 0 Å². The molecule has 3 rings (SSSR count). The third kappa shape index (κ3) is 2.45. The lowest BCUT2D eigenvalue weighted by Gasteiger charge is -2.31. The molecule has 2 unspecified atom stereocenters. The van der Waals surface area contributed by atoms with Crippen LogP contribution in [0, 0.1) is 0 Å². The molecule has 2 aliphatic rings. The summed E-state index contributed by atoms with van der Waals surface area (Å²) in [6.45, 7) is 1.16. The van der Waals surface area contributed by atoms with Gasteiger partial charge in [-0.3, -0.25) is 0 Å². The van der Waals surface area contributed by atoms with Gasteiger partial charge in [0.2, 0.25) is 0 Å². The first kappa shape index (κ1) is 12.5. The van der Waals surface area contributed by atoms with Crippen LogP contribution in [0.25, 0.3) is 0 Å². The first-order chi connectivity index (χ1) is 8.88. The molecule has 0 spiro atoms. The highest BCUT2D eigenvalue weighted by Gasteiger charge is 2.27. The van der Waals surface area contributed by atoms with E-state index in [1.807, 2.05) is 11.8 Å². The molecule has 3 nitrogen and oxygen atoms in total. The van der Waals surface area contributed by atoms with Crippen LogP contribution in [0.1, 0.15) is 56.3 Å². The maximum absolute atomic E-state index is 4.41. The van der Waals surface area contributed by atoms with Gasteiger partial charge < -0.3 is 9.88 Å². The largest absolute Gasteiger partial charge is 0.330 e. The average Bonchev–Trinajstić information content (AvgIpc) is 3.09. The van der Waals surface area contributed by atoms with E-state index >= 15 is 0 Å². The molecule has 1 aliphatic heterocycles. The van der Waals surface area contributed by atoms with E-state index in [4.69, 9.17) is 0 Å². The SMILES string of the molecule is CSC1CCCC(n2cncc2[C@@H]2CCCN2)C1. The molecule has 18 heavy (non-hydrogen) atoms. The molecular weight excluding hydrogens is 242 g/mol. The number of imidazole rings is 1. The number of aromatic nitrogens is 2. The maximum Gasteiger partial charge on any atom is 0.0951 e. The number of rotatable bonds is 3. The summed E-state index contributed by atoms with van der Waals surface area (Å²) < 4.78 is 2.46. The van der Waals surface area contributed by atoms with Gasteiger partial charge in [-0.15, -0.1) is 0 Å². The van der Waals surface area contributed by atoms with E-state index < -0.39 is 0 Å². The van der Waals surface area contributed by atoms with Crippen molar-refractivity contribution in [1.29, 1.82) is 0 Å². The molecule has 100 valence electrons. The van der Waals surface area contributed by atoms with Gasteiger partial charge in [0.1, 0.15) is 0 Å². The monoisotopic (exact) mass is 265 g/mol. The predicted molar refractivity (Wildman–Crippen MR) is 77.0 cm³/mol. The Bertz CT molecular complexity index is 384. The fourth-order valence-electron chi connectivity index (χ4n) is 3.41. The molecule has 2 heterocycles. The van der Waals surface area contributed by atoms with Gasteiger partial charge in [0.15, 0.2) is 0 Å². The van der Waals surface area contributed by atoms with Crippen molar-refractivity contribution in [1.82, 2.24) is 14.9 Å². The standard InChI is InChI=1S/C14H23N3S/c1-18-12-5-2-4-11(8-12)17-10-15-9-14(17)13-6-3-7-16-13/h9-13,16H,2-8H2,1H3/t11?,12?,13-/m0/s1. The van der Waals surface area contributed by atoms with Gasteiger partial charge in [0, 0.05) is 23.5 Å². The van der Waals surface area contributed by atoms with Crippen LogP contribution in [0.4, 0.5) is 0 Å². The summed E-state index contributed by atoms with van der Waals surface area (Å²) in [6, 6.07) is 1.22. The van der Waals surface area contributed by atoms with Crippen molar-refractivity contribution in [3.05, 3.63) is 18.2 Å². The van der Waals surface area contributed by atoms with Crippen molar-refractivity contribution in [2.45, 2.75) is 55.9 Å². The normalized spacial score (nSPS) is 32.8. The summed E-state index contributed by atoms with van der Waals surface area (Å²) >= 11 is 2.04. The van der Waals surface area contributed by atoms with Crippen LogP contribution in [-0.2, 0) is 0 Å². The number of thioether (sulfide) groups is 1. The lowest BCUT2D eigenvalue weighted by Crippen LogP contribution is -2.24. The topological polar surface area (TPSA) is 29.9 Å². The second-order valence-corrected chi connectivity index (χ2v) is 6.69. The second kappa shape index (κ2) is 5.66. The zero-order valence-electron chi connectivity index (χ0n) is 11.1. The van der Waals surface area contributed by atoms with E-state index in [2.05, 4.69) is 33.6 Å². The first-order valence-corrected chi connectivity index (χ1v) is 8.45. The van der Waals surface area contributed by atoms with Crippen LogP contribution < -0.4 is 5.32 Å². The van der Waals surface area contributed by atoms with E-state index in [0.717, 1.165) is 11.8 Å². The molecule has 2 fully saturated rings. The van der Waals surface area contributed by atoms with Gasteiger partial charge >= 0.3 is 0 Å². The molecule has 3 atom stereocenters. The third-order valence-corrected chi connectivity index (χ3v) is 5.53. The van der Waals surface area contributed by atoms with E-state index in [1.54, 1.807) is 0 Å². The van der Waals surface area contributed by atoms with Gasteiger partial charge in [-0.2, -0.15) is 11.8 Å². The van der Waals surface area contributed by atoms with Crippen LogP contribution in [0.15, 0.2) is 12.5 Å². The molecule has 1 N–H and O–H groups in total. The molecule has 0 aromatic carbocycles. The van der Waals surface area contributed by atoms with Crippen molar-refractivity contribution in [3.8, 4) is 0 Å². The molecular formula is C14H23N3S. The van der Waals surface area contributed by atoms with Crippen LogP contribution >= 0.6 is 11.8 Å². The first-order valence-electron chi connectivity index (χ1n) is 7.16. The van der Waals surface area contributed by atoms with Gasteiger partial charge in [-0.25, -0.2) is 4.98 Å². The molecule has 1 saturated heterocycles. The van der Waals surface area contributed by atoms with Gasteiger partial charge in [-0.05, 0) is 44.9 Å². The Morgan fingerprint density at radius 3 is 3.06 bits per heavy atom. The summed E-state index contributed by atoms with van der Waals surface area (Å²) in [6.07, 6.45) is 14.4. The van der Waals surface area contributed by atoms with E-state index in [1.165, 1.54) is 44.2 Å². The van der Waals surface area contributed by atoms with Gasteiger partial charge in [-0.1, -0.05) is 6.42 Å². The van der Waals surface area contributed by atoms with Crippen LogP contribution in [0.5, 0.6) is 0 Å². The molecule has 1 aromatic heterocycles. The lowest BCUT2D eigenvalue weighted by atomic mass is 9.94. The Morgan fingerprint density at radius 1 is 1.33 bits per heavy atom. The minimum absolute atomic E-state index is 0.544. The summed E-state index contributed by atoms with van der Waals surface area (Å²) in [7, 11) is 0. The Balaban J connectivity index is 1.77. The van der Waals surface area contributed by atoms with Crippen LogP contribution in [-0.4, -0.2) is 27.6 Å². The number of nitrogens with zero attached hydrogens (tertiary/aromatic N) is 2. The third-order valence-electron chi connectivity index (χ3n) is 4.44. The van der Waals surface area contributed by atoms with Crippen molar-refractivity contribution < 1.29 is 0 Å². The molecule has 0 amide bonds. The fraction of sp³-hybridized carbons (Fsp3) is 0.786. The zero-order chi connectivity index (χ0) is 12.4. The van der Waals surface area contributed by atoms with Crippen LogP contribution in [0.3, 0.4) is 0 Å². The summed E-state index contributed by atoms with van der Waals surface area (Å²) in [5.74, 6) is 0. The Morgan fingerprint density at radius 2 is 2.28 bits per heavy atom. The minimum Gasteiger partial charge on any atom is -0.330 e. The Hall–Kier alpha value is -0.480. The minimum atomic E-state index is 0.544. The molecule has 0 radical (unpaired) electrons. The van der Waals surface area contributed by atoms with Crippen molar-refractivity contribution in [2.75, 3.05) is 12.8 Å². The highest BCUT2D eigenvalue weighted by Crippen LogP contribution is 2.36. The van der Waals surface area contributed by atoms with Crippen molar-refractivity contribution in [3.63, 3.8) is 0 Å². The molecule has 1 saturated carbocycles. The predicted octanol–water partition coefficient (Wildman–Crippen LogP) is 3.15. The average molecular weight is 265 g/mol. The quantitative estimate of drug-likeness (QED) is 0.910. The lowest BCUT2D eigenvalue weighted by molar-refractivity contribution is 0.347. The van der Waals surface area contributed by atoms with E-state index in [9.17, 15) is 0 Å². The van der Waals surface area contributed by atoms with Crippen molar-refractivity contribution in [2.24, 2.45) is 0 Å². The molecule has 1 aliphatic carbocycles. The van der Waals surface area contributed by atoms with Crippen molar-refractivity contribution >= 4 is 11.8 Å². The number of nitrogens with one attached hydrogen (secondary N) is 1. The number of hydrogen-bond acceptors (Lipinski definition) is 3. The van der Waals surface area contributed by atoms with Gasteiger partial charge in [0.05, 0.1) is 12.0 Å². The second-order valence-electron chi connectivity index (χ2n) is 5.55. The molecule has 4 heteroatoms. The zero-order valence-corrected chi connectivity index (χ0v) is 12.0. The highest BCUT2D eigenvalue weighted by atomic mass is 32.2. The summed E-state index contributed by atoms with van der Waals surface area (Å²) in [4.78, 5) is 4.41. The van der Waals surface area contributed by atoms with Gasteiger partial charge in [0.25, 0.3) is 0 Å². The summed E-state index contributed by atoms with van der Waals surface area (Å²) in [5, 5.41) is 4.44. The van der Waals surface area contributed by atoms with E-state index in [-0.39, 0.29) is 0 Å². The smallest absolute Gasteiger partial charge is 0.0951 e. The fourth-order valence-corrected chi connectivity index (χ4v) is 4.23. The highest BCUT2D eigenvalue weighted by molar-refractivity contribution is 7.99. The number of hydrogen-bond donors (Lipinski definition) is 1. The summed E-state index contributed by atoms with van der Waals surface area (Å²) in [5.41, 5.74) is 1.42. The molecule has 1 aromatic rings. The molecule has 0 bridgehead atoms.